The number of carbonyl (C=O) groups is 1. The molecule has 4 unspecified atom stereocenters. The molecule has 28 heavy (non-hydrogen) atoms. The minimum Gasteiger partial charge on any atom is -0.394 e. The van der Waals surface area contributed by atoms with Crippen molar-refractivity contribution >= 4 is 5.91 Å². The third kappa shape index (κ3) is 11.3. The molecule has 0 aromatic rings. The van der Waals surface area contributed by atoms with E-state index in [4.69, 9.17) is 24.1 Å². The highest BCUT2D eigenvalue weighted by atomic mass is 16.7. The second kappa shape index (κ2) is 15.1. The minimum absolute atomic E-state index is 0.0348. The first-order valence-corrected chi connectivity index (χ1v) is 10.1. The average Bonchev–Trinajstić information content (AvgIpc) is 2.65. The van der Waals surface area contributed by atoms with Crippen LogP contribution in [0.3, 0.4) is 0 Å². The Balaban J connectivity index is 1.94. The fraction of sp³-hybridized carbons (Fsp3) is 0.947. The summed E-state index contributed by atoms with van der Waals surface area (Å²) < 4.78 is 21.7. The summed E-state index contributed by atoms with van der Waals surface area (Å²) in [6.07, 6.45) is -1.71. The lowest BCUT2D eigenvalue weighted by molar-refractivity contribution is -0.256. The highest BCUT2D eigenvalue weighted by Gasteiger charge is 2.36. The maximum absolute atomic E-state index is 11.7. The van der Waals surface area contributed by atoms with Crippen LogP contribution in [0.2, 0.25) is 0 Å². The number of hydrogen-bond donors (Lipinski definition) is 4. The Hall–Kier alpha value is -0.810. The van der Waals surface area contributed by atoms with Gasteiger partial charge in [0.25, 0.3) is 0 Å². The Bertz CT molecular complexity index is 409. The van der Waals surface area contributed by atoms with E-state index in [1.807, 2.05) is 0 Å². The fourth-order valence-corrected chi connectivity index (χ4v) is 2.67. The van der Waals surface area contributed by atoms with Gasteiger partial charge in [-0.25, -0.2) is 0 Å². The van der Waals surface area contributed by atoms with Gasteiger partial charge < -0.3 is 39.6 Å². The van der Waals surface area contributed by atoms with Gasteiger partial charge in [-0.15, -0.1) is 0 Å². The van der Waals surface area contributed by atoms with Crippen molar-refractivity contribution in [2.75, 3.05) is 46.2 Å². The first kappa shape index (κ1) is 25.2. The Morgan fingerprint density at radius 1 is 1.14 bits per heavy atom. The van der Waals surface area contributed by atoms with E-state index in [1.165, 1.54) is 0 Å². The molecule has 1 aliphatic rings. The largest absolute Gasteiger partial charge is 0.394 e. The number of amides is 1. The van der Waals surface area contributed by atoms with Gasteiger partial charge in [0.15, 0.2) is 6.29 Å². The molecular formula is C19H37NO8. The summed E-state index contributed by atoms with van der Waals surface area (Å²) in [6, 6.07) is 0. The molecule has 4 N–H and O–H groups in total. The number of ether oxygens (including phenoxy) is 4. The number of carbonyl (C=O) groups excluding carboxylic acids is 1. The SMILES string of the molecule is CC(C)COCCOCCNC(=O)CCCCOC1CC(O)C(O)C(CO)O1. The third-order valence-electron chi connectivity index (χ3n) is 4.21. The van der Waals surface area contributed by atoms with E-state index in [0.29, 0.717) is 58.2 Å². The van der Waals surface area contributed by atoms with E-state index in [1.54, 1.807) is 0 Å². The normalized spacial score (nSPS) is 25.2. The van der Waals surface area contributed by atoms with E-state index in [0.717, 1.165) is 6.61 Å². The zero-order chi connectivity index (χ0) is 20.8. The number of aliphatic hydroxyl groups is 3. The fourth-order valence-electron chi connectivity index (χ4n) is 2.67. The maximum atomic E-state index is 11.7. The number of nitrogens with one attached hydrogen (secondary N) is 1. The molecule has 0 spiro atoms. The molecule has 4 atom stereocenters. The minimum atomic E-state index is -1.11. The van der Waals surface area contributed by atoms with Gasteiger partial charge in [0.05, 0.1) is 32.5 Å². The van der Waals surface area contributed by atoms with Crippen LogP contribution in [0, 0.1) is 5.92 Å². The first-order valence-electron chi connectivity index (χ1n) is 10.1. The molecule has 1 amide bonds. The van der Waals surface area contributed by atoms with Crippen LogP contribution in [0.1, 0.15) is 39.5 Å². The number of rotatable bonds is 15. The van der Waals surface area contributed by atoms with Crippen molar-refractivity contribution in [2.24, 2.45) is 5.92 Å². The Morgan fingerprint density at radius 3 is 2.61 bits per heavy atom. The molecule has 1 saturated heterocycles. The molecule has 0 aliphatic carbocycles. The van der Waals surface area contributed by atoms with E-state index in [9.17, 15) is 15.0 Å². The Kier molecular flexibility index (Phi) is 13.6. The lowest BCUT2D eigenvalue weighted by Gasteiger charge is -2.36. The summed E-state index contributed by atoms with van der Waals surface area (Å²) >= 11 is 0. The summed E-state index contributed by atoms with van der Waals surface area (Å²) in [4.78, 5) is 11.7. The Morgan fingerprint density at radius 2 is 1.89 bits per heavy atom. The molecule has 1 fully saturated rings. The second-order valence-electron chi connectivity index (χ2n) is 7.34. The molecule has 9 heteroatoms. The summed E-state index contributed by atoms with van der Waals surface area (Å²) in [6.45, 7) is 6.91. The highest BCUT2D eigenvalue weighted by molar-refractivity contribution is 5.75. The van der Waals surface area contributed by atoms with Crippen LogP contribution in [-0.4, -0.2) is 92.0 Å². The van der Waals surface area contributed by atoms with Crippen LogP contribution in [0.15, 0.2) is 0 Å². The van der Waals surface area contributed by atoms with Crippen molar-refractivity contribution in [2.45, 2.75) is 64.1 Å². The van der Waals surface area contributed by atoms with Gasteiger partial charge in [-0.2, -0.15) is 0 Å². The number of aliphatic hydroxyl groups excluding tert-OH is 3. The third-order valence-corrected chi connectivity index (χ3v) is 4.21. The molecule has 0 bridgehead atoms. The summed E-state index contributed by atoms with van der Waals surface area (Å²) in [5.41, 5.74) is 0. The maximum Gasteiger partial charge on any atom is 0.220 e. The van der Waals surface area contributed by atoms with Gasteiger partial charge in [0, 0.05) is 32.6 Å². The molecular weight excluding hydrogens is 370 g/mol. The van der Waals surface area contributed by atoms with Gasteiger partial charge in [0.1, 0.15) is 12.2 Å². The summed E-state index contributed by atoms with van der Waals surface area (Å²) in [5.74, 6) is 0.476. The van der Waals surface area contributed by atoms with Gasteiger partial charge in [-0.05, 0) is 18.8 Å². The van der Waals surface area contributed by atoms with Crippen LogP contribution < -0.4 is 5.32 Å². The average molecular weight is 408 g/mol. The van der Waals surface area contributed by atoms with Crippen LogP contribution >= 0.6 is 0 Å². The molecule has 0 saturated carbocycles. The predicted octanol–water partition coefficient (Wildman–Crippen LogP) is -0.192. The van der Waals surface area contributed by atoms with E-state index >= 15 is 0 Å². The molecule has 1 rings (SSSR count). The van der Waals surface area contributed by atoms with Crippen molar-refractivity contribution in [1.29, 1.82) is 0 Å². The molecule has 9 nitrogen and oxygen atoms in total. The molecule has 1 heterocycles. The Labute approximate surface area is 167 Å². The van der Waals surface area contributed by atoms with E-state index in [-0.39, 0.29) is 18.9 Å². The van der Waals surface area contributed by atoms with Gasteiger partial charge in [-0.3, -0.25) is 4.79 Å². The van der Waals surface area contributed by atoms with Crippen LogP contribution in [0.5, 0.6) is 0 Å². The lowest BCUT2D eigenvalue weighted by atomic mass is 10.0. The molecule has 166 valence electrons. The summed E-state index contributed by atoms with van der Waals surface area (Å²) in [5, 5.41) is 31.3. The zero-order valence-electron chi connectivity index (χ0n) is 17.0. The monoisotopic (exact) mass is 407 g/mol. The standard InChI is InChI=1S/C19H37NO8/c1-14(2)13-26-10-9-25-8-6-20-17(23)5-3-4-7-27-18-11-15(22)19(24)16(12-21)28-18/h14-16,18-19,21-22,24H,3-13H2,1-2H3,(H,20,23). The predicted molar refractivity (Wildman–Crippen MR) is 102 cm³/mol. The van der Waals surface area contributed by atoms with E-state index in [2.05, 4.69) is 19.2 Å². The molecule has 0 aromatic carbocycles. The lowest BCUT2D eigenvalue weighted by Crippen LogP contribution is -2.50. The quantitative estimate of drug-likeness (QED) is 0.275. The molecule has 1 aliphatic heterocycles. The van der Waals surface area contributed by atoms with Crippen molar-refractivity contribution in [3.05, 3.63) is 0 Å². The first-order chi connectivity index (χ1) is 13.4. The smallest absolute Gasteiger partial charge is 0.220 e. The van der Waals surface area contributed by atoms with Gasteiger partial charge >= 0.3 is 0 Å². The van der Waals surface area contributed by atoms with Crippen molar-refractivity contribution in [1.82, 2.24) is 5.32 Å². The number of unbranched alkanes of at least 4 members (excludes halogenated alkanes) is 1. The van der Waals surface area contributed by atoms with Crippen molar-refractivity contribution in [3.63, 3.8) is 0 Å². The zero-order valence-corrected chi connectivity index (χ0v) is 17.0. The second-order valence-corrected chi connectivity index (χ2v) is 7.34. The van der Waals surface area contributed by atoms with E-state index < -0.39 is 24.6 Å². The number of hydrogen-bond acceptors (Lipinski definition) is 8. The van der Waals surface area contributed by atoms with Crippen LogP contribution in [0.25, 0.3) is 0 Å². The van der Waals surface area contributed by atoms with Crippen LogP contribution in [0.4, 0.5) is 0 Å². The molecule has 0 aromatic heterocycles. The van der Waals surface area contributed by atoms with Crippen LogP contribution in [-0.2, 0) is 23.7 Å². The van der Waals surface area contributed by atoms with Crippen molar-refractivity contribution < 1.29 is 39.1 Å². The molecule has 0 radical (unpaired) electrons. The van der Waals surface area contributed by atoms with Gasteiger partial charge in [-0.1, -0.05) is 13.8 Å². The van der Waals surface area contributed by atoms with Gasteiger partial charge in [0.2, 0.25) is 5.91 Å². The summed E-state index contributed by atoms with van der Waals surface area (Å²) in [7, 11) is 0. The van der Waals surface area contributed by atoms with Crippen molar-refractivity contribution in [3.8, 4) is 0 Å². The topological polar surface area (TPSA) is 127 Å². The highest BCUT2D eigenvalue weighted by Crippen LogP contribution is 2.21.